The third-order valence-corrected chi connectivity index (χ3v) is 6.66. The van der Waals surface area contributed by atoms with Gasteiger partial charge in [-0.3, -0.25) is 0 Å². The Hall–Kier alpha value is -2.98. The van der Waals surface area contributed by atoms with Gasteiger partial charge in [0.25, 0.3) is 0 Å². The quantitative estimate of drug-likeness (QED) is 0.291. The van der Waals surface area contributed by atoms with Crippen molar-refractivity contribution in [1.29, 1.82) is 0 Å². The summed E-state index contributed by atoms with van der Waals surface area (Å²) in [6, 6.07) is 22.7. The molecule has 186 valence electrons. The molecule has 4 heteroatoms. The minimum absolute atomic E-state index is 0.0257. The van der Waals surface area contributed by atoms with E-state index in [2.05, 4.69) is 56.3 Å². The number of rotatable bonds is 12. The summed E-state index contributed by atoms with van der Waals surface area (Å²) in [6.45, 7) is 5.99. The van der Waals surface area contributed by atoms with E-state index < -0.39 is 6.10 Å². The zero-order valence-electron chi connectivity index (χ0n) is 21.0. The topological polar surface area (TPSA) is 47.9 Å². The molecular formula is C31H38O4. The highest BCUT2D eigenvalue weighted by Gasteiger charge is 2.30. The van der Waals surface area contributed by atoms with E-state index in [0.29, 0.717) is 43.5 Å². The van der Waals surface area contributed by atoms with Crippen molar-refractivity contribution in [3.05, 3.63) is 89.0 Å². The lowest BCUT2D eigenvalue weighted by Gasteiger charge is -2.31. The third-order valence-electron chi connectivity index (χ3n) is 6.66. The first kappa shape index (κ1) is 25.1. The predicted octanol–water partition coefficient (Wildman–Crippen LogP) is 6.87. The van der Waals surface area contributed by atoms with Crippen LogP contribution in [0.3, 0.4) is 0 Å². The van der Waals surface area contributed by atoms with E-state index in [9.17, 15) is 5.11 Å². The molecule has 0 radical (unpaired) electrons. The van der Waals surface area contributed by atoms with Crippen molar-refractivity contribution in [3.8, 4) is 17.2 Å². The summed E-state index contributed by atoms with van der Waals surface area (Å²) in [4.78, 5) is 0. The van der Waals surface area contributed by atoms with Crippen molar-refractivity contribution in [1.82, 2.24) is 0 Å². The van der Waals surface area contributed by atoms with Crippen molar-refractivity contribution in [2.75, 3.05) is 13.2 Å². The Morgan fingerprint density at radius 3 is 2.03 bits per heavy atom. The van der Waals surface area contributed by atoms with E-state index in [0.717, 1.165) is 43.2 Å². The highest BCUT2D eigenvalue weighted by Crippen LogP contribution is 2.44. The maximum absolute atomic E-state index is 11.1. The van der Waals surface area contributed by atoms with Gasteiger partial charge in [-0.05, 0) is 60.1 Å². The lowest BCUT2D eigenvalue weighted by molar-refractivity contribution is 0.134. The highest BCUT2D eigenvalue weighted by atomic mass is 16.5. The minimum atomic E-state index is -0.456. The largest absolute Gasteiger partial charge is 0.490 e. The Bertz CT molecular complexity index is 1060. The van der Waals surface area contributed by atoms with Gasteiger partial charge in [0.15, 0.2) is 11.5 Å². The van der Waals surface area contributed by atoms with Crippen LogP contribution in [0, 0.1) is 0 Å². The molecule has 1 aliphatic carbocycles. The first-order valence-corrected chi connectivity index (χ1v) is 13.0. The molecule has 0 saturated carbocycles. The molecule has 4 nitrogen and oxygen atoms in total. The molecule has 0 amide bonds. The SMILES string of the molecule is CCCCOc1cc([C@@H]2Cc3ccccc3C[C@H]2O)cc(OCc2ccccc2)c1OCCCC. The van der Waals surface area contributed by atoms with Gasteiger partial charge < -0.3 is 19.3 Å². The van der Waals surface area contributed by atoms with Crippen LogP contribution in [0.4, 0.5) is 0 Å². The van der Waals surface area contributed by atoms with Crippen molar-refractivity contribution >= 4 is 0 Å². The van der Waals surface area contributed by atoms with Crippen molar-refractivity contribution in [2.45, 2.75) is 71.0 Å². The fourth-order valence-corrected chi connectivity index (χ4v) is 4.58. The Morgan fingerprint density at radius 1 is 0.743 bits per heavy atom. The van der Waals surface area contributed by atoms with Crippen LogP contribution in [-0.2, 0) is 19.4 Å². The zero-order valence-corrected chi connectivity index (χ0v) is 21.0. The van der Waals surface area contributed by atoms with Crippen molar-refractivity contribution in [2.24, 2.45) is 0 Å². The van der Waals surface area contributed by atoms with Crippen LogP contribution in [0.1, 0.15) is 67.7 Å². The molecule has 0 unspecified atom stereocenters. The molecule has 4 rings (SSSR count). The van der Waals surface area contributed by atoms with Gasteiger partial charge in [0.2, 0.25) is 5.75 Å². The van der Waals surface area contributed by atoms with Gasteiger partial charge in [0.05, 0.1) is 19.3 Å². The van der Waals surface area contributed by atoms with Crippen LogP contribution in [0.25, 0.3) is 0 Å². The Labute approximate surface area is 209 Å². The van der Waals surface area contributed by atoms with E-state index in [1.165, 1.54) is 11.1 Å². The van der Waals surface area contributed by atoms with E-state index in [-0.39, 0.29) is 5.92 Å². The molecule has 3 aromatic rings. The van der Waals surface area contributed by atoms with E-state index in [1.54, 1.807) is 0 Å². The van der Waals surface area contributed by atoms with Crippen molar-refractivity contribution in [3.63, 3.8) is 0 Å². The maximum Gasteiger partial charge on any atom is 0.203 e. The summed E-state index contributed by atoms with van der Waals surface area (Å²) in [5.41, 5.74) is 4.66. The van der Waals surface area contributed by atoms with Gasteiger partial charge in [-0.15, -0.1) is 0 Å². The summed E-state index contributed by atoms with van der Waals surface area (Å²) >= 11 is 0. The molecule has 1 N–H and O–H groups in total. The first-order chi connectivity index (χ1) is 17.2. The number of hydrogen-bond acceptors (Lipinski definition) is 4. The van der Waals surface area contributed by atoms with Gasteiger partial charge >= 0.3 is 0 Å². The summed E-state index contributed by atoms with van der Waals surface area (Å²) in [6.07, 6.45) is 5.04. The minimum Gasteiger partial charge on any atom is -0.490 e. The number of fused-ring (bicyclic) bond motifs is 1. The number of benzene rings is 3. The molecule has 2 atom stereocenters. The average Bonchev–Trinajstić information content (AvgIpc) is 2.88. The van der Waals surface area contributed by atoms with Crippen LogP contribution in [0.15, 0.2) is 66.7 Å². The molecule has 0 heterocycles. The third kappa shape index (κ3) is 6.58. The molecule has 3 aromatic carbocycles. The molecule has 35 heavy (non-hydrogen) atoms. The van der Waals surface area contributed by atoms with Gasteiger partial charge in [0, 0.05) is 5.92 Å². The van der Waals surface area contributed by atoms with Crippen LogP contribution in [0.5, 0.6) is 17.2 Å². The second-order valence-corrected chi connectivity index (χ2v) is 9.38. The van der Waals surface area contributed by atoms with Gasteiger partial charge in [-0.2, -0.15) is 0 Å². The molecule has 0 spiro atoms. The predicted molar refractivity (Wildman–Crippen MR) is 141 cm³/mol. The fraction of sp³-hybridized carbons (Fsp3) is 0.419. The molecule has 0 saturated heterocycles. The number of aliphatic hydroxyl groups excluding tert-OH is 1. The van der Waals surface area contributed by atoms with Gasteiger partial charge in [-0.25, -0.2) is 0 Å². The lowest BCUT2D eigenvalue weighted by atomic mass is 9.78. The number of unbranched alkanes of at least 4 members (excludes halogenated alkanes) is 2. The molecule has 0 bridgehead atoms. The van der Waals surface area contributed by atoms with Crippen LogP contribution < -0.4 is 14.2 Å². The highest BCUT2D eigenvalue weighted by molar-refractivity contribution is 5.55. The monoisotopic (exact) mass is 474 g/mol. The standard InChI is InChI=1S/C31H38O4/c1-3-5-16-33-29-20-26(27-18-24-14-10-11-15-25(24)19-28(27)32)21-30(31(29)34-17-6-4-2)35-22-23-12-8-7-9-13-23/h7-15,20-21,27-28,32H,3-6,16-19,22H2,1-2H3/t27-,28+/m0/s1. The van der Waals surface area contributed by atoms with E-state index >= 15 is 0 Å². The molecular weight excluding hydrogens is 436 g/mol. The maximum atomic E-state index is 11.1. The first-order valence-electron chi connectivity index (χ1n) is 13.0. The Morgan fingerprint density at radius 2 is 1.34 bits per heavy atom. The smallest absolute Gasteiger partial charge is 0.203 e. The Balaban J connectivity index is 1.69. The number of aliphatic hydroxyl groups is 1. The Kier molecular flexibility index (Phi) is 9.08. The van der Waals surface area contributed by atoms with E-state index in [1.807, 2.05) is 24.3 Å². The lowest BCUT2D eigenvalue weighted by Crippen LogP contribution is -2.28. The molecule has 1 aliphatic rings. The second-order valence-electron chi connectivity index (χ2n) is 9.38. The molecule has 0 aliphatic heterocycles. The second kappa shape index (κ2) is 12.6. The summed E-state index contributed by atoms with van der Waals surface area (Å²) < 4.78 is 18.8. The average molecular weight is 475 g/mol. The summed E-state index contributed by atoms with van der Waals surface area (Å²) in [7, 11) is 0. The molecule has 0 fully saturated rings. The van der Waals surface area contributed by atoms with Gasteiger partial charge in [0.1, 0.15) is 6.61 Å². The van der Waals surface area contributed by atoms with Crippen LogP contribution >= 0.6 is 0 Å². The van der Waals surface area contributed by atoms with E-state index in [4.69, 9.17) is 14.2 Å². The van der Waals surface area contributed by atoms with Crippen LogP contribution in [-0.4, -0.2) is 24.4 Å². The zero-order chi connectivity index (χ0) is 24.5. The fourth-order valence-electron chi connectivity index (χ4n) is 4.58. The summed E-state index contributed by atoms with van der Waals surface area (Å²) in [5.74, 6) is 2.03. The normalized spacial score (nSPS) is 17.0. The summed E-state index contributed by atoms with van der Waals surface area (Å²) in [5, 5.41) is 11.1. The number of hydrogen-bond donors (Lipinski definition) is 1. The number of ether oxygens (including phenoxy) is 3. The van der Waals surface area contributed by atoms with Crippen molar-refractivity contribution < 1.29 is 19.3 Å². The van der Waals surface area contributed by atoms with Gasteiger partial charge in [-0.1, -0.05) is 81.3 Å². The van der Waals surface area contributed by atoms with Crippen LogP contribution in [0.2, 0.25) is 0 Å². The molecule has 0 aromatic heterocycles.